The quantitative estimate of drug-likeness (QED) is 0.745. The number of carbonyl (C=O) groups is 1. The number of halogens is 1. The molecule has 1 spiro atoms. The van der Waals surface area contributed by atoms with Crippen molar-refractivity contribution in [3.05, 3.63) is 52.2 Å². The number of piperidine rings is 1. The third kappa shape index (κ3) is 4.28. The number of hydrogen-bond acceptors (Lipinski definition) is 4. The third-order valence-electron chi connectivity index (χ3n) is 5.51. The van der Waals surface area contributed by atoms with Gasteiger partial charge in [0.05, 0.1) is 5.56 Å². The van der Waals surface area contributed by atoms with Crippen molar-refractivity contribution in [1.29, 1.82) is 0 Å². The molecule has 4 rings (SSSR count). The molecule has 3 nitrogen and oxygen atoms in total. The van der Waals surface area contributed by atoms with Gasteiger partial charge in [0, 0.05) is 35.2 Å². The molecule has 0 bridgehead atoms. The molecule has 0 atom stereocenters. The summed E-state index contributed by atoms with van der Waals surface area (Å²) in [7, 11) is 0. The Morgan fingerprint density at radius 1 is 1.15 bits per heavy atom. The smallest absolute Gasteiger partial charge is 0.254 e. The fraction of sp³-hybridized carbons (Fsp3) is 0.450. The summed E-state index contributed by atoms with van der Waals surface area (Å²) in [5.74, 6) is 1.13. The Labute approximate surface area is 170 Å². The molecule has 2 aliphatic heterocycles. The van der Waals surface area contributed by atoms with Gasteiger partial charge in [-0.15, -0.1) is 35.5 Å². The van der Waals surface area contributed by atoms with Crippen LogP contribution in [0.4, 0.5) is 0 Å². The Morgan fingerprint density at radius 3 is 2.65 bits per heavy atom. The van der Waals surface area contributed by atoms with Gasteiger partial charge in [-0.25, -0.2) is 0 Å². The standard InChI is InChI=1S/C20H24N2OS2.ClH/c23-19(22-11-8-20(9-12-22)7-10-21-15-20)17-5-1-2-6-18(17)25-14-16-4-3-13-24-16;/h1-6,13,21H,7-12,14-15H2;1H. The van der Waals surface area contributed by atoms with Crippen LogP contribution < -0.4 is 5.32 Å². The largest absolute Gasteiger partial charge is 0.339 e. The molecule has 0 saturated carbocycles. The molecule has 2 aliphatic rings. The number of thioether (sulfide) groups is 1. The van der Waals surface area contributed by atoms with Gasteiger partial charge in [0.1, 0.15) is 0 Å². The zero-order valence-electron chi connectivity index (χ0n) is 14.8. The Bertz CT molecular complexity index is 719. The topological polar surface area (TPSA) is 32.3 Å². The summed E-state index contributed by atoms with van der Waals surface area (Å²) in [6.45, 7) is 4.05. The summed E-state index contributed by atoms with van der Waals surface area (Å²) in [6, 6.07) is 12.3. The summed E-state index contributed by atoms with van der Waals surface area (Å²) in [6.07, 6.45) is 3.54. The molecule has 0 radical (unpaired) electrons. The molecule has 140 valence electrons. The van der Waals surface area contributed by atoms with Gasteiger partial charge in [-0.1, -0.05) is 18.2 Å². The fourth-order valence-corrected chi connectivity index (χ4v) is 5.71. The van der Waals surface area contributed by atoms with Gasteiger partial charge in [-0.2, -0.15) is 0 Å². The highest BCUT2D eigenvalue weighted by molar-refractivity contribution is 7.98. The second-order valence-electron chi connectivity index (χ2n) is 7.08. The highest BCUT2D eigenvalue weighted by Gasteiger charge is 2.38. The number of likely N-dealkylation sites (tertiary alicyclic amines) is 1. The molecule has 2 fully saturated rings. The van der Waals surface area contributed by atoms with Crippen LogP contribution in [0, 0.1) is 5.41 Å². The van der Waals surface area contributed by atoms with E-state index in [4.69, 9.17) is 0 Å². The second kappa shape index (κ2) is 8.79. The van der Waals surface area contributed by atoms with Gasteiger partial charge in [0.25, 0.3) is 5.91 Å². The van der Waals surface area contributed by atoms with Crippen LogP contribution in [0.2, 0.25) is 0 Å². The van der Waals surface area contributed by atoms with E-state index in [2.05, 4.69) is 33.8 Å². The van der Waals surface area contributed by atoms with Gasteiger partial charge in [0.2, 0.25) is 0 Å². The Hall–Kier alpha value is -1.01. The molecular formula is C20H25ClN2OS2. The van der Waals surface area contributed by atoms with E-state index in [0.717, 1.165) is 55.2 Å². The molecule has 1 N–H and O–H groups in total. The minimum Gasteiger partial charge on any atom is -0.339 e. The number of nitrogens with one attached hydrogen (secondary N) is 1. The number of benzene rings is 1. The molecule has 0 aliphatic carbocycles. The number of rotatable bonds is 4. The van der Waals surface area contributed by atoms with Crippen LogP contribution in [-0.4, -0.2) is 37.0 Å². The van der Waals surface area contributed by atoms with Crippen LogP contribution >= 0.6 is 35.5 Å². The lowest BCUT2D eigenvalue weighted by atomic mass is 9.78. The first-order chi connectivity index (χ1) is 12.3. The number of thiophene rings is 1. The summed E-state index contributed by atoms with van der Waals surface area (Å²) < 4.78 is 0. The maximum atomic E-state index is 13.1. The molecule has 0 unspecified atom stereocenters. The SMILES string of the molecule is Cl.O=C(c1ccccc1SCc1cccs1)N1CCC2(CCNC2)CC1. The van der Waals surface area contributed by atoms with E-state index in [9.17, 15) is 4.79 Å². The van der Waals surface area contributed by atoms with Crippen molar-refractivity contribution in [1.82, 2.24) is 10.2 Å². The molecule has 2 saturated heterocycles. The van der Waals surface area contributed by atoms with Crippen molar-refractivity contribution in [2.45, 2.75) is 29.9 Å². The van der Waals surface area contributed by atoms with E-state index in [0.29, 0.717) is 5.41 Å². The lowest BCUT2D eigenvalue weighted by molar-refractivity contribution is 0.0604. The van der Waals surface area contributed by atoms with Crippen LogP contribution in [0.5, 0.6) is 0 Å². The summed E-state index contributed by atoms with van der Waals surface area (Å²) in [5, 5.41) is 5.60. The monoisotopic (exact) mass is 408 g/mol. The number of hydrogen-bond donors (Lipinski definition) is 1. The normalized spacial score (nSPS) is 18.7. The average molecular weight is 409 g/mol. The first-order valence-electron chi connectivity index (χ1n) is 9.00. The van der Waals surface area contributed by atoms with E-state index < -0.39 is 0 Å². The van der Waals surface area contributed by atoms with Crippen LogP contribution in [0.3, 0.4) is 0 Å². The van der Waals surface area contributed by atoms with E-state index >= 15 is 0 Å². The molecule has 1 aromatic carbocycles. The average Bonchev–Trinajstić information content (AvgIpc) is 3.33. The van der Waals surface area contributed by atoms with Gasteiger partial charge < -0.3 is 10.2 Å². The first-order valence-corrected chi connectivity index (χ1v) is 10.9. The third-order valence-corrected chi connectivity index (χ3v) is 7.69. The highest BCUT2D eigenvalue weighted by atomic mass is 35.5. The maximum Gasteiger partial charge on any atom is 0.254 e. The summed E-state index contributed by atoms with van der Waals surface area (Å²) in [5.41, 5.74) is 1.31. The van der Waals surface area contributed by atoms with Crippen molar-refractivity contribution in [2.75, 3.05) is 26.2 Å². The lowest BCUT2D eigenvalue weighted by Gasteiger charge is -2.39. The van der Waals surface area contributed by atoms with Crippen molar-refractivity contribution >= 4 is 41.4 Å². The van der Waals surface area contributed by atoms with E-state index in [1.807, 2.05) is 18.2 Å². The van der Waals surface area contributed by atoms with E-state index in [1.165, 1.54) is 11.3 Å². The van der Waals surface area contributed by atoms with E-state index in [-0.39, 0.29) is 18.3 Å². The van der Waals surface area contributed by atoms with Crippen molar-refractivity contribution in [3.63, 3.8) is 0 Å². The molecule has 26 heavy (non-hydrogen) atoms. The molecule has 2 aromatic rings. The number of amides is 1. The van der Waals surface area contributed by atoms with Crippen LogP contribution in [0.1, 0.15) is 34.5 Å². The minimum atomic E-state index is 0. The van der Waals surface area contributed by atoms with Crippen LogP contribution in [-0.2, 0) is 5.75 Å². The maximum absolute atomic E-state index is 13.1. The number of carbonyl (C=O) groups excluding carboxylic acids is 1. The van der Waals surface area contributed by atoms with E-state index in [1.54, 1.807) is 23.1 Å². The Morgan fingerprint density at radius 2 is 1.96 bits per heavy atom. The minimum absolute atomic E-state index is 0. The zero-order valence-corrected chi connectivity index (χ0v) is 17.2. The first kappa shape index (κ1) is 19.7. The predicted octanol–water partition coefficient (Wildman–Crippen LogP) is 4.68. The molecule has 1 aromatic heterocycles. The lowest BCUT2D eigenvalue weighted by Crippen LogP contribution is -2.44. The molecule has 3 heterocycles. The van der Waals surface area contributed by atoms with Gasteiger partial charge >= 0.3 is 0 Å². The zero-order chi connectivity index (χ0) is 17.1. The predicted molar refractivity (Wildman–Crippen MR) is 113 cm³/mol. The fourth-order valence-electron chi connectivity index (χ4n) is 3.89. The summed E-state index contributed by atoms with van der Waals surface area (Å²) in [4.78, 5) is 17.6. The summed E-state index contributed by atoms with van der Waals surface area (Å²) >= 11 is 3.54. The van der Waals surface area contributed by atoms with Crippen LogP contribution in [0.15, 0.2) is 46.7 Å². The van der Waals surface area contributed by atoms with Crippen LogP contribution in [0.25, 0.3) is 0 Å². The molecule has 6 heteroatoms. The Kier molecular flexibility index (Phi) is 6.67. The second-order valence-corrected chi connectivity index (χ2v) is 9.13. The Balaban J connectivity index is 0.00000196. The van der Waals surface area contributed by atoms with Gasteiger partial charge in [0.15, 0.2) is 0 Å². The highest BCUT2D eigenvalue weighted by Crippen LogP contribution is 2.37. The van der Waals surface area contributed by atoms with Crippen molar-refractivity contribution in [2.24, 2.45) is 5.41 Å². The molecular weight excluding hydrogens is 384 g/mol. The van der Waals surface area contributed by atoms with Gasteiger partial charge in [-0.3, -0.25) is 4.79 Å². The van der Waals surface area contributed by atoms with Crippen molar-refractivity contribution < 1.29 is 4.79 Å². The number of nitrogens with zero attached hydrogens (tertiary/aromatic N) is 1. The van der Waals surface area contributed by atoms with Gasteiger partial charge in [-0.05, 0) is 54.8 Å². The molecule has 1 amide bonds. The van der Waals surface area contributed by atoms with Crippen molar-refractivity contribution in [3.8, 4) is 0 Å².